The largest absolute Gasteiger partial charge is 0.496 e. The summed E-state index contributed by atoms with van der Waals surface area (Å²) in [6.45, 7) is 7.49. The zero-order valence-corrected chi connectivity index (χ0v) is 14.4. The minimum Gasteiger partial charge on any atom is -0.496 e. The number of nitrogens with zero attached hydrogens (tertiary/aromatic N) is 2. The smallest absolute Gasteiger partial charge is 0.246 e. The normalized spacial score (nSPS) is 14.5. The molecule has 0 aliphatic heterocycles. The zero-order valence-electron chi connectivity index (χ0n) is 14.4. The molecule has 0 spiro atoms. The summed E-state index contributed by atoms with van der Waals surface area (Å²) >= 11 is 0. The molecule has 5 nitrogen and oxygen atoms in total. The van der Waals surface area contributed by atoms with E-state index in [2.05, 4.69) is 12.6 Å². The van der Waals surface area contributed by atoms with Crippen molar-refractivity contribution in [3.05, 3.63) is 42.0 Å². The molecule has 5 heteroatoms. The Morgan fingerprint density at radius 1 is 1.50 bits per heavy atom. The second-order valence-electron chi connectivity index (χ2n) is 6.07. The Hall–Kier alpha value is -2.32. The number of nitriles is 1. The Bertz CT molecular complexity index is 645. The van der Waals surface area contributed by atoms with Crippen LogP contribution in [-0.2, 0) is 22.7 Å². The Labute approximate surface area is 143 Å². The molecule has 1 saturated carbocycles. The number of amides is 1. The van der Waals surface area contributed by atoms with Crippen LogP contribution in [0.5, 0.6) is 5.75 Å². The zero-order chi connectivity index (χ0) is 17.6. The molecular formula is C19H24N2O3. The molecule has 2 rings (SSSR count). The fourth-order valence-electron chi connectivity index (χ4n) is 2.64. The van der Waals surface area contributed by atoms with Gasteiger partial charge in [-0.05, 0) is 43.5 Å². The van der Waals surface area contributed by atoms with Crippen LogP contribution >= 0.6 is 0 Å². The second-order valence-corrected chi connectivity index (χ2v) is 6.07. The van der Waals surface area contributed by atoms with Gasteiger partial charge in [0.2, 0.25) is 5.91 Å². The average molecular weight is 328 g/mol. The molecule has 1 aliphatic rings. The molecule has 0 N–H and O–H groups in total. The summed E-state index contributed by atoms with van der Waals surface area (Å²) in [5, 5.41) is 9.29. The fraction of sp³-hybridized carbons (Fsp3) is 0.474. The topological polar surface area (TPSA) is 62.6 Å². The first kappa shape index (κ1) is 18.0. The lowest BCUT2D eigenvalue weighted by molar-refractivity contribution is -0.127. The monoisotopic (exact) mass is 328 g/mol. The number of hydrogen-bond donors (Lipinski definition) is 0. The quantitative estimate of drug-likeness (QED) is 0.654. The highest BCUT2D eigenvalue weighted by Crippen LogP contribution is 2.45. The third-order valence-electron chi connectivity index (χ3n) is 4.25. The van der Waals surface area contributed by atoms with Gasteiger partial charge >= 0.3 is 0 Å². The van der Waals surface area contributed by atoms with Crippen LogP contribution in [0.25, 0.3) is 0 Å². The summed E-state index contributed by atoms with van der Waals surface area (Å²) in [6.07, 6.45) is 3.00. The van der Waals surface area contributed by atoms with Crippen molar-refractivity contribution in [2.75, 3.05) is 20.3 Å². The number of hydrogen-bond acceptors (Lipinski definition) is 4. The van der Waals surface area contributed by atoms with Crippen molar-refractivity contribution in [2.45, 2.75) is 32.9 Å². The SMILES string of the molecule is C=CC(=O)N(Cc1ccc(OC)c(COCC)c1)CC1(C#N)CC1. The highest BCUT2D eigenvalue weighted by atomic mass is 16.5. The lowest BCUT2D eigenvalue weighted by Gasteiger charge is -2.24. The van der Waals surface area contributed by atoms with Crippen molar-refractivity contribution >= 4 is 5.91 Å². The summed E-state index contributed by atoms with van der Waals surface area (Å²) in [5.41, 5.74) is 1.55. The lowest BCUT2D eigenvalue weighted by atomic mass is 10.1. The maximum absolute atomic E-state index is 12.2. The molecule has 1 aromatic rings. The predicted molar refractivity (Wildman–Crippen MR) is 91.2 cm³/mol. The van der Waals surface area contributed by atoms with Gasteiger partial charge in [0.05, 0.1) is 25.2 Å². The number of carbonyl (C=O) groups is 1. The van der Waals surface area contributed by atoms with Gasteiger partial charge in [-0.1, -0.05) is 12.6 Å². The van der Waals surface area contributed by atoms with Gasteiger partial charge in [0.1, 0.15) is 5.75 Å². The Morgan fingerprint density at radius 2 is 2.25 bits per heavy atom. The molecule has 0 bridgehead atoms. The standard InChI is InChI=1S/C19H24N2O3/c1-4-18(22)21(14-19(13-20)8-9-19)11-15-6-7-17(23-3)16(10-15)12-24-5-2/h4,6-7,10H,1,5,8-9,11-12,14H2,2-3H3. The number of methoxy groups -OCH3 is 1. The summed E-state index contributed by atoms with van der Waals surface area (Å²) in [4.78, 5) is 13.9. The Balaban J connectivity index is 2.17. The van der Waals surface area contributed by atoms with E-state index in [0.717, 1.165) is 29.7 Å². The number of ether oxygens (including phenoxy) is 2. The second kappa shape index (κ2) is 7.98. The van der Waals surface area contributed by atoms with E-state index in [1.807, 2.05) is 25.1 Å². The molecule has 1 fully saturated rings. The lowest BCUT2D eigenvalue weighted by Crippen LogP contribution is -2.34. The van der Waals surface area contributed by atoms with Crippen LogP contribution in [0.3, 0.4) is 0 Å². The fourth-order valence-corrected chi connectivity index (χ4v) is 2.64. The molecule has 0 saturated heterocycles. The summed E-state index contributed by atoms with van der Waals surface area (Å²) in [5.74, 6) is 0.614. The van der Waals surface area contributed by atoms with Crippen LogP contribution in [0, 0.1) is 16.7 Å². The van der Waals surface area contributed by atoms with Crippen LogP contribution in [-0.4, -0.2) is 31.1 Å². The molecule has 128 valence electrons. The Morgan fingerprint density at radius 3 is 2.79 bits per heavy atom. The number of carbonyl (C=O) groups excluding carboxylic acids is 1. The van der Waals surface area contributed by atoms with E-state index in [1.165, 1.54) is 6.08 Å². The minimum atomic E-state index is -0.376. The van der Waals surface area contributed by atoms with E-state index < -0.39 is 0 Å². The van der Waals surface area contributed by atoms with Crippen LogP contribution in [0.15, 0.2) is 30.9 Å². The highest BCUT2D eigenvalue weighted by molar-refractivity contribution is 5.87. The van der Waals surface area contributed by atoms with Crippen LogP contribution < -0.4 is 4.74 Å². The first-order chi connectivity index (χ1) is 11.6. The molecule has 24 heavy (non-hydrogen) atoms. The van der Waals surface area contributed by atoms with E-state index in [9.17, 15) is 10.1 Å². The van der Waals surface area contributed by atoms with Gasteiger partial charge in [-0.3, -0.25) is 4.79 Å². The van der Waals surface area contributed by atoms with Crippen LogP contribution in [0.4, 0.5) is 0 Å². The van der Waals surface area contributed by atoms with Crippen LogP contribution in [0.1, 0.15) is 30.9 Å². The first-order valence-electron chi connectivity index (χ1n) is 8.13. The first-order valence-corrected chi connectivity index (χ1v) is 8.13. The van der Waals surface area contributed by atoms with E-state index in [4.69, 9.17) is 9.47 Å². The third-order valence-corrected chi connectivity index (χ3v) is 4.25. The van der Waals surface area contributed by atoms with Gasteiger partial charge in [0.15, 0.2) is 0 Å². The molecule has 1 aliphatic carbocycles. The van der Waals surface area contributed by atoms with Crippen molar-refractivity contribution in [3.8, 4) is 11.8 Å². The molecule has 0 radical (unpaired) electrons. The number of rotatable bonds is 9. The predicted octanol–water partition coefficient (Wildman–Crippen LogP) is 3.05. The van der Waals surface area contributed by atoms with Gasteiger partial charge in [0.25, 0.3) is 0 Å². The van der Waals surface area contributed by atoms with Gasteiger partial charge in [-0.15, -0.1) is 0 Å². The molecule has 1 amide bonds. The van der Waals surface area contributed by atoms with Gasteiger partial charge in [0, 0.05) is 25.3 Å². The Kier molecular flexibility index (Phi) is 5.99. The van der Waals surface area contributed by atoms with Crippen molar-refractivity contribution in [2.24, 2.45) is 5.41 Å². The molecule has 0 atom stereocenters. The maximum Gasteiger partial charge on any atom is 0.246 e. The molecule has 1 aromatic carbocycles. The molecular weight excluding hydrogens is 304 g/mol. The van der Waals surface area contributed by atoms with Crippen molar-refractivity contribution in [1.29, 1.82) is 5.26 Å². The molecule has 0 aromatic heterocycles. The van der Waals surface area contributed by atoms with E-state index in [-0.39, 0.29) is 11.3 Å². The molecule has 0 heterocycles. The van der Waals surface area contributed by atoms with Crippen molar-refractivity contribution < 1.29 is 14.3 Å². The highest BCUT2D eigenvalue weighted by Gasteiger charge is 2.45. The van der Waals surface area contributed by atoms with E-state index >= 15 is 0 Å². The third kappa shape index (κ3) is 4.36. The average Bonchev–Trinajstić information content (AvgIpc) is 3.39. The summed E-state index contributed by atoms with van der Waals surface area (Å²) in [7, 11) is 1.63. The van der Waals surface area contributed by atoms with E-state index in [0.29, 0.717) is 26.3 Å². The van der Waals surface area contributed by atoms with Crippen molar-refractivity contribution in [1.82, 2.24) is 4.90 Å². The summed E-state index contributed by atoms with van der Waals surface area (Å²) < 4.78 is 10.8. The minimum absolute atomic E-state index is 0.154. The van der Waals surface area contributed by atoms with Gasteiger partial charge in [-0.25, -0.2) is 0 Å². The summed E-state index contributed by atoms with van der Waals surface area (Å²) in [6, 6.07) is 8.15. The van der Waals surface area contributed by atoms with Gasteiger partial charge in [-0.2, -0.15) is 5.26 Å². The number of benzene rings is 1. The van der Waals surface area contributed by atoms with Gasteiger partial charge < -0.3 is 14.4 Å². The maximum atomic E-state index is 12.2. The van der Waals surface area contributed by atoms with E-state index in [1.54, 1.807) is 12.0 Å². The van der Waals surface area contributed by atoms with Crippen molar-refractivity contribution in [3.63, 3.8) is 0 Å². The van der Waals surface area contributed by atoms with Crippen LogP contribution in [0.2, 0.25) is 0 Å². The molecule has 0 unspecified atom stereocenters.